The summed E-state index contributed by atoms with van der Waals surface area (Å²) in [4.78, 5) is 37.3. The van der Waals surface area contributed by atoms with Crippen LogP contribution in [0.25, 0.3) is 0 Å². The lowest BCUT2D eigenvalue weighted by Crippen LogP contribution is -2.27. The Balaban J connectivity index is 2.20. The highest BCUT2D eigenvalue weighted by Gasteiger charge is 2.29. The fourth-order valence-corrected chi connectivity index (χ4v) is 1.08. The van der Waals surface area contributed by atoms with Gasteiger partial charge >= 0.3 is 5.69 Å². The topological polar surface area (TPSA) is 94.8 Å². The average Bonchev–Trinajstić information content (AvgIpc) is 2.92. The van der Waals surface area contributed by atoms with Crippen molar-refractivity contribution in [3.8, 4) is 0 Å². The number of rotatable bonds is 2. The Bertz CT molecular complexity index is 469. The first-order valence-corrected chi connectivity index (χ1v) is 4.29. The molecule has 2 rings (SSSR count). The fraction of sp³-hybridized carbons (Fsp3) is 0.375. The molecule has 0 spiro atoms. The van der Waals surface area contributed by atoms with E-state index < -0.39 is 11.2 Å². The summed E-state index contributed by atoms with van der Waals surface area (Å²) < 4.78 is 0. The van der Waals surface area contributed by atoms with Gasteiger partial charge in [-0.15, -0.1) is 0 Å². The first-order chi connectivity index (χ1) is 6.66. The third-order valence-electron chi connectivity index (χ3n) is 2.03. The number of hydrogen-bond donors (Lipinski definition) is 3. The third-order valence-corrected chi connectivity index (χ3v) is 2.03. The summed E-state index contributed by atoms with van der Waals surface area (Å²) in [6.07, 6.45) is 2.93. The molecule has 0 aliphatic heterocycles. The molecule has 1 aliphatic rings. The van der Waals surface area contributed by atoms with Crippen molar-refractivity contribution in [1.82, 2.24) is 9.97 Å². The molecule has 1 heterocycles. The van der Waals surface area contributed by atoms with Crippen LogP contribution in [0.3, 0.4) is 0 Å². The van der Waals surface area contributed by atoms with E-state index in [1.54, 1.807) is 0 Å². The van der Waals surface area contributed by atoms with Crippen molar-refractivity contribution < 1.29 is 4.79 Å². The summed E-state index contributed by atoms with van der Waals surface area (Å²) in [5, 5.41) is 2.45. The van der Waals surface area contributed by atoms with Gasteiger partial charge in [0.15, 0.2) is 0 Å². The average molecular weight is 195 g/mol. The van der Waals surface area contributed by atoms with E-state index in [4.69, 9.17) is 0 Å². The van der Waals surface area contributed by atoms with Gasteiger partial charge in [0.25, 0.3) is 5.56 Å². The van der Waals surface area contributed by atoms with E-state index in [-0.39, 0.29) is 17.5 Å². The van der Waals surface area contributed by atoms with Crippen molar-refractivity contribution in [3.05, 3.63) is 27.0 Å². The molecule has 0 unspecified atom stereocenters. The third kappa shape index (κ3) is 1.73. The van der Waals surface area contributed by atoms with E-state index in [1.165, 1.54) is 6.20 Å². The predicted octanol–water partition coefficient (Wildman–Crippen LogP) is -0.588. The molecule has 1 fully saturated rings. The molecule has 0 aromatic carbocycles. The summed E-state index contributed by atoms with van der Waals surface area (Å²) in [6, 6.07) is 0. The van der Waals surface area contributed by atoms with Gasteiger partial charge in [0.1, 0.15) is 5.69 Å². The van der Waals surface area contributed by atoms with Crippen LogP contribution in [0, 0.1) is 5.92 Å². The normalized spacial score (nSPS) is 15.1. The zero-order chi connectivity index (χ0) is 10.1. The lowest BCUT2D eigenvalue weighted by Gasteiger charge is -2.00. The second kappa shape index (κ2) is 3.13. The predicted molar refractivity (Wildman–Crippen MR) is 49.0 cm³/mol. The van der Waals surface area contributed by atoms with Crippen molar-refractivity contribution >= 4 is 11.6 Å². The van der Waals surface area contributed by atoms with Crippen LogP contribution >= 0.6 is 0 Å². The lowest BCUT2D eigenvalue weighted by molar-refractivity contribution is -0.117. The highest BCUT2D eigenvalue weighted by atomic mass is 16.2. The Morgan fingerprint density at radius 2 is 2.14 bits per heavy atom. The molecular weight excluding hydrogens is 186 g/mol. The van der Waals surface area contributed by atoms with Crippen molar-refractivity contribution in [2.75, 3.05) is 5.32 Å². The molecule has 3 N–H and O–H groups in total. The van der Waals surface area contributed by atoms with Gasteiger partial charge in [-0.1, -0.05) is 0 Å². The minimum Gasteiger partial charge on any atom is -0.320 e. The SMILES string of the molecule is O=C(Nc1c[nH]c(=O)[nH]c1=O)C1CC1. The molecule has 74 valence electrons. The van der Waals surface area contributed by atoms with Crippen LogP contribution in [0.5, 0.6) is 0 Å². The zero-order valence-electron chi connectivity index (χ0n) is 7.29. The molecular formula is C8H9N3O3. The fourth-order valence-electron chi connectivity index (χ4n) is 1.08. The molecule has 1 aromatic rings. The first kappa shape index (κ1) is 8.74. The van der Waals surface area contributed by atoms with Crippen LogP contribution in [0.4, 0.5) is 5.69 Å². The smallest absolute Gasteiger partial charge is 0.320 e. The zero-order valence-corrected chi connectivity index (χ0v) is 7.29. The maximum atomic E-state index is 11.3. The van der Waals surface area contributed by atoms with E-state index >= 15 is 0 Å². The van der Waals surface area contributed by atoms with E-state index in [2.05, 4.69) is 10.3 Å². The molecule has 0 bridgehead atoms. The quantitative estimate of drug-likeness (QED) is 0.588. The maximum absolute atomic E-state index is 11.3. The van der Waals surface area contributed by atoms with Gasteiger partial charge in [0.2, 0.25) is 5.91 Å². The molecule has 6 nitrogen and oxygen atoms in total. The summed E-state index contributed by atoms with van der Waals surface area (Å²) in [5.41, 5.74) is -1.08. The summed E-state index contributed by atoms with van der Waals surface area (Å²) in [6.45, 7) is 0. The minimum absolute atomic E-state index is 0.0290. The Labute approximate surface area is 78.4 Å². The van der Waals surface area contributed by atoms with Gasteiger partial charge in [-0.05, 0) is 12.8 Å². The Kier molecular flexibility index (Phi) is 1.95. The molecule has 0 saturated heterocycles. The van der Waals surface area contributed by atoms with E-state index in [1.807, 2.05) is 4.98 Å². The Hall–Kier alpha value is -1.85. The maximum Gasteiger partial charge on any atom is 0.325 e. The largest absolute Gasteiger partial charge is 0.325 e. The van der Waals surface area contributed by atoms with Gasteiger partial charge in [-0.25, -0.2) is 4.79 Å². The number of H-pyrrole nitrogens is 2. The molecule has 1 amide bonds. The second-order valence-electron chi connectivity index (χ2n) is 3.25. The van der Waals surface area contributed by atoms with Crippen molar-refractivity contribution in [2.45, 2.75) is 12.8 Å². The van der Waals surface area contributed by atoms with E-state index in [0.29, 0.717) is 0 Å². The summed E-state index contributed by atoms with van der Waals surface area (Å²) in [7, 11) is 0. The van der Waals surface area contributed by atoms with E-state index in [0.717, 1.165) is 12.8 Å². The van der Waals surface area contributed by atoms with Crippen LogP contribution in [0.15, 0.2) is 15.8 Å². The Morgan fingerprint density at radius 3 is 2.71 bits per heavy atom. The number of nitrogens with one attached hydrogen (secondary N) is 3. The van der Waals surface area contributed by atoms with Crippen LogP contribution in [-0.2, 0) is 4.79 Å². The van der Waals surface area contributed by atoms with E-state index in [9.17, 15) is 14.4 Å². The molecule has 1 saturated carbocycles. The molecule has 1 aromatic heterocycles. The van der Waals surface area contributed by atoms with Crippen LogP contribution in [0.1, 0.15) is 12.8 Å². The Morgan fingerprint density at radius 1 is 1.43 bits per heavy atom. The second-order valence-corrected chi connectivity index (χ2v) is 3.25. The number of anilines is 1. The van der Waals surface area contributed by atoms with Crippen molar-refractivity contribution in [2.24, 2.45) is 5.92 Å². The highest BCUT2D eigenvalue weighted by Crippen LogP contribution is 2.29. The molecule has 0 radical (unpaired) electrons. The van der Waals surface area contributed by atoms with Gasteiger partial charge in [0.05, 0.1) is 0 Å². The molecule has 6 heteroatoms. The summed E-state index contributed by atoms with van der Waals surface area (Å²) in [5.74, 6) is -0.135. The standard InChI is InChI=1S/C8H9N3O3/c12-6(4-1-2-4)10-5-3-9-8(14)11-7(5)13/h3-4H,1-2H2,(H,10,12)(H2,9,11,13,14). The number of aromatic amines is 2. The first-order valence-electron chi connectivity index (χ1n) is 4.29. The van der Waals surface area contributed by atoms with Crippen molar-refractivity contribution in [1.29, 1.82) is 0 Å². The number of carbonyl (C=O) groups excluding carboxylic acids is 1. The van der Waals surface area contributed by atoms with Crippen LogP contribution in [-0.4, -0.2) is 15.9 Å². The molecule has 14 heavy (non-hydrogen) atoms. The van der Waals surface area contributed by atoms with Gasteiger partial charge in [0, 0.05) is 12.1 Å². The van der Waals surface area contributed by atoms with Gasteiger partial charge < -0.3 is 10.3 Å². The number of carbonyl (C=O) groups is 1. The van der Waals surface area contributed by atoms with Gasteiger partial charge in [-0.2, -0.15) is 0 Å². The lowest BCUT2D eigenvalue weighted by atomic mass is 10.4. The molecule has 0 atom stereocenters. The number of amides is 1. The monoisotopic (exact) mass is 195 g/mol. The molecule has 1 aliphatic carbocycles. The van der Waals surface area contributed by atoms with Crippen LogP contribution < -0.4 is 16.6 Å². The van der Waals surface area contributed by atoms with Gasteiger partial charge in [-0.3, -0.25) is 14.6 Å². The highest BCUT2D eigenvalue weighted by molar-refractivity contribution is 5.93. The number of hydrogen-bond acceptors (Lipinski definition) is 3. The minimum atomic E-state index is -0.584. The van der Waals surface area contributed by atoms with Crippen LogP contribution in [0.2, 0.25) is 0 Å². The summed E-state index contributed by atoms with van der Waals surface area (Å²) >= 11 is 0. The number of aromatic nitrogens is 2. The van der Waals surface area contributed by atoms with Crippen molar-refractivity contribution in [3.63, 3.8) is 0 Å².